The monoisotopic (exact) mass is 341 g/mol. The van der Waals surface area contributed by atoms with Gasteiger partial charge in [0.05, 0.1) is 17.9 Å². The molecule has 1 unspecified atom stereocenters. The first kappa shape index (κ1) is 16.2. The van der Waals surface area contributed by atoms with Gasteiger partial charge < -0.3 is 9.15 Å². The molecule has 0 bridgehead atoms. The summed E-state index contributed by atoms with van der Waals surface area (Å²) in [6.07, 6.45) is 2.38. The van der Waals surface area contributed by atoms with Crippen molar-refractivity contribution in [3.63, 3.8) is 0 Å². The Morgan fingerprint density at radius 3 is 2.00 bits per heavy atom. The maximum Gasteiger partial charge on any atom is 0.177 e. The van der Waals surface area contributed by atoms with Gasteiger partial charge in [-0.25, -0.2) is 0 Å². The van der Waals surface area contributed by atoms with E-state index in [9.17, 15) is 5.26 Å². The molecule has 0 saturated carbocycles. The molecule has 0 radical (unpaired) electrons. The third kappa shape index (κ3) is 2.34. The standard InChI is InChI=1S/C23H19NO2/c1-2-20-19(16-24)22(21-14-9-15-25-21)26-23(20,17-10-5-3-6-11-17)18-12-7-4-8-13-18/h3-15,20H,2H2,1H3. The van der Waals surface area contributed by atoms with Crippen LogP contribution in [-0.4, -0.2) is 0 Å². The van der Waals surface area contributed by atoms with Crippen molar-refractivity contribution in [1.82, 2.24) is 0 Å². The van der Waals surface area contributed by atoms with Crippen molar-refractivity contribution in [2.45, 2.75) is 18.9 Å². The fraction of sp³-hybridized carbons (Fsp3) is 0.174. The highest BCUT2D eigenvalue weighted by Crippen LogP contribution is 2.54. The zero-order valence-electron chi connectivity index (χ0n) is 14.6. The van der Waals surface area contributed by atoms with Crippen LogP contribution < -0.4 is 0 Å². The van der Waals surface area contributed by atoms with E-state index in [0.717, 1.165) is 17.5 Å². The van der Waals surface area contributed by atoms with E-state index >= 15 is 0 Å². The Morgan fingerprint density at radius 2 is 1.54 bits per heavy atom. The summed E-state index contributed by atoms with van der Waals surface area (Å²) in [7, 11) is 0. The van der Waals surface area contributed by atoms with Crippen LogP contribution in [0.15, 0.2) is 89.0 Å². The van der Waals surface area contributed by atoms with Gasteiger partial charge in [-0.3, -0.25) is 0 Å². The minimum absolute atomic E-state index is 0.0996. The maximum atomic E-state index is 9.93. The Kier molecular flexibility index (Phi) is 4.10. The average Bonchev–Trinajstić information content (AvgIpc) is 3.35. The quantitative estimate of drug-likeness (QED) is 0.628. The molecule has 0 amide bonds. The number of nitrogens with zero attached hydrogens (tertiary/aromatic N) is 1. The molecule has 26 heavy (non-hydrogen) atoms. The molecule has 2 aromatic carbocycles. The van der Waals surface area contributed by atoms with Crippen molar-refractivity contribution >= 4 is 5.76 Å². The minimum atomic E-state index is -0.746. The fourth-order valence-electron chi connectivity index (χ4n) is 3.92. The predicted molar refractivity (Wildman–Crippen MR) is 99.8 cm³/mol. The lowest BCUT2D eigenvalue weighted by molar-refractivity contribution is 0.0547. The topological polar surface area (TPSA) is 46.2 Å². The smallest absolute Gasteiger partial charge is 0.177 e. The lowest BCUT2D eigenvalue weighted by atomic mass is 9.73. The van der Waals surface area contributed by atoms with Gasteiger partial charge in [-0.1, -0.05) is 67.6 Å². The molecule has 0 N–H and O–H groups in total. The number of hydrogen-bond acceptors (Lipinski definition) is 3. The van der Waals surface area contributed by atoms with Crippen molar-refractivity contribution in [2.75, 3.05) is 0 Å². The highest BCUT2D eigenvalue weighted by atomic mass is 16.5. The summed E-state index contributed by atoms with van der Waals surface area (Å²) in [6.45, 7) is 2.09. The van der Waals surface area contributed by atoms with E-state index in [2.05, 4.69) is 37.3 Å². The molecule has 0 fully saturated rings. The summed E-state index contributed by atoms with van der Waals surface area (Å²) in [4.78, 5) is 0. The highest BCUT2D eigenvalue weighted by molar-refractivity contribution is 5.69. The van der Waals surface area contributed by atoms with Crippen LogP contribution in [0.1, 0.15) is 30.2 Å². The molecule has 2 heterocycles. The Morgan fingerprint density at radius 1 is 0.923 bits per heavy atom. The van der Waals surface area contributed by atoms with Crippen LogP contribution in [0, 0.1) is 17.2 Å². The van der Waals surface area contributed by atoms with E-state index in [0.29, 0.717) is 17.1 Å². The van der Waals surface area contributed by atoms with Crippen molar-refractivity contribution in [1.29, 1.82) is 5.26 Å². The van der Waals surface area contributed by atoms with Crippen LogP contribution in [0.4, 0.5) is 0 Å². The molecule has 1 aliphatic rings. The lowest BCUT2D eigenvalue weighted by Gasteiger charge is -2.36. The minimum Gasteiger partial charge on any atom is -0.472 e. The van der Waals surface area contributed by atoms with Crippen molar-refractivity contribution < 1.29 is 9.15 Å². The van der Waals surface area contributed by atoms with E-state index < -0.39 is 5.60 Å². The predicted octanol–water partition coefficient (Wildman–Crippen LogP) is 5.51. The van der Waals surface area contributed by atoms with Gasteiger partial charge in [0.2, 0.25) is 0 Å². The Hall–Kier alpha value is -3.25. The largest absolute Gasteiger partial charge is 0.472 e. The second-order valence-corrected chi connectivity index (χ2v) is 6.36. The van der Waals surface area contributed by atoms with E-state index in [-0.39, 0.29) is 5.92 Å². The average molecular weight is 341 g/mol. The zero-order valence-corrected chi connectivity index (χ0v) is 14.6. The molecule has 3 nitrogen and oxygen atoms in total. The first-order valence-corrected chi connectivity index (χ1v) is 8.79. The molecular weight excluding hydrogens is 322 g/mol. The number of furan rings is 1. The van der Waals surface area contributed by atoms with Gasteiger partial charge in [-0.15, -0.1) is 0 Å². The van der Waals surface area contributed by atoms with Crippen LogP contribution in [0.2, 0.25) is 0 Å². The van der Waals surface area contributed by atoms with Crippen LogP contribution in [0.3, 0.4) is 0 Å². The number of hydrogen-bond donors (Lipinski definition) is 0. The van der Waals surface area contributed by atoms with Gasteiger partial charge in [-0.2, -0.15) is 5.26 Å². The molecule has 1 aliphatic heterocycles. The molecule has 0 spiro atoms. The van der Waals surface area contributed by atoms with Gasteiger partial charge in [0, 0.05) is 17.0 Å². The molecule has 1 aromatic heterocycles. The van der Waals surface area contributed by atoms with Gasteiger partial charge in [-0.05, 0) is 18.6 Å². The number of rotatable bonds is 4. The van der Waals surface area contributed by atoms with Gasteiger partial charge in [0.15, 0.2) is 17.1 Å². The van der Waals surface area contributed by atoms with Crippen molar-refractivity contribution in [3.8, 4) is 6.07 Å². The Bertz CT molecular complexity index is 911. The SMILES string of the molecule is CCC1C(C#N)=C(c2ccco2)OC1(c1ccccc1)c1ccccc1. The lowest BCUT2D eigenvalue weighted by Crippen LogP contribution is -2.35. The second kappa shape index (κ2) is 6.57. The summed E-state index contributed by atoms with van der Waals surface area (Å²) in [5.41, 5.74) is 1.96. The van der Waals surface area contributed by atoms with E-state index in [1.54, 1.807) is 6.26 Å². The maximum absolute atomic E-state index is 9.93. The first-order valence-electron chi connectivity index (χ1n) is 8.79. The van der Waals surface area contributed by atoms with Crippen molar-refractivity contribution in [3.05, 3.63) is 102 Å². The van der Waals surface area contributed by atoms with Gasteiger partial charge in [0.1, 0.15) is 0 Å². The first-order chi connectivity index (χ1) is 12.8. The zero-order chi connectivity index (χ0) is 18.0. The van der Waals surface area contributed by atoms with Crippen LogP contribution in [-0.2, 0) is 10.3 Å². The van der Waals surface area contributed by atoms with Crippen molar-refractivity contribution in [2.24, 2.45) is 5.92 Å². The molecule has 128 valence electrons. The van der Waals surface area contributed by atoms with E-state index in [4.69, 9.17) is 9.15 Å². The molecular formula is C23H19NO2. The summed E-state index contributed by atoms with van der Waals surface area (Å²) in [5, 5.41) is 9.93. The fourth-order valence-corrected chi connectivity index (χ4v) is 3.92. The molecule has 3 aromatic rings. The number of ether oxygens (including phenoxy) is 1. The molecule has 4 rings (SSSR count). The van der Waals surface area contributed by atoms with Crippen LogP contribution in [0.25, 0.3) is 5.76 Å². The molecule has 0 aliphatic carbocycles. The Balaban J connectivity index is 1.98. The van der Waals surface area contributed by atoms with Gasteiger partial charge in [0.25, 0.3) is 0 Å². The van der Waals surface area contributed by atoms with E-state index in [1.807, 2.05) is 48.5 Å². The van der Waals surface area contributed by atoms with Gasteiger partial charge >= 0.3 is 0 Å². The highest BCUT2D eigenvalue weighted by Gasteiger charge is 2.52. The third-order valence-corrected chi connectivity index (χ3v) is 5.03. The summed E-state index contributed by atoms with van der Waals surface area (Å²) < 4.78 is 12.2. The second-order valence-electron chi connectivity index (χ2n) is 6.36. The summed E-state index contributed by atoms with van der Waals surface area (Å²) >= 11 is 0. The summed E-state index contributed by atoms with van der Waals surface area (Å²) in [5.74, 6) is 1.03. The Labute approximate surface area is 153 Å². The third-order valence-electron chi connectivity index (χ3n) is 5.03. The normalized spacial score (nSPS) is 18.4. The van der Waals surface area contributed by atoms with Crippen LogP contribution in [0.5, 0.6) is 0 Å². The molecule has 3 heteroatoms. The molecule has 1 atom stereocenters. The number of nitriles is 1. The summed E-state index contributed by atoms with van der Waals surface area (Å²) in [6, 6.07) is 26.3. The van der Waals surface area contributed by atoms with E-state index in [1.165, 1.54) is 0 Å². The van der Waals surface area contributed by atoms with Crippen LogP contribution >= 0.6 is 0 Å². The number of benzene rings is 2. The molecule has 0 saturated heterocycles.